The highest BCUT2D eigenvalue weighted by molar-refractivity contribution is 6.34. The summed E-state index contributed by atoms with van der Waals surface area (Å²) >= 11 is 6.24. The number of amides is 1. The molecule has 8 nitrogen and oxygen atoms in total. The van der Waals surface area contributed by atoms with Crippen molar-refractivity contribution in [1.82, 2.24) is 0 Å². The minimum absolute atomic E-state index is 0.0988. The highest BCUT2D eigenvalue weighted by Crippen LogP contribution is 2.40. The Balaban J connectivity index is 1.43. The van der Waals surface area contributed by atoms with E-state index in [0.717, 1.165) is 12.1 Å². The topological polar surface area (TPSA) is 93.9 Å². The lowest BCUT2D eigenvalue weighted by Gasteiger charge is -2.33. The van der Waals surface area contributed by atoms with Gasteiger partial charge in [-0.3, -0.25) is 14.9 Å². The van der Waals surface area contributed by atoms with Gasteiger partial charge in [-0.25, -0.2) is 0 Å². The number of ether oxygens (including phenoxy) is 2. The molecule has 0 atom stereocenters. The standard InChI is InChI=1S/C21H19ClF3N3O5/c22-14-10-18-19(33-8-7-32-18)11-15(14)26-20(29)12-3-5-27(6-4-12)16-2-1-13(21(23,24)25)9-17(16)28(30)31/h1-2,9-12H,3-8H2,(H,26,29). The van der Waals surface area contributed by atoms with Crippen molar-refractivity contribution in [3.8, 4) is 11.5 Å². The summed E-state index contributed by atoms with van der Waals surface area (Å²) < 4.78 is 49.8. The summed E-state index contributed by atoms with van der Waals surface area (Å²) in [5.74, 6) is 0.315. The second-order valence-electron chi connectivity index (χ2n) is 7.68. The largest absolute Gasteiger partial charge is 0.486 e. The molecule has 0 unspecified atom stereocenters. The molecule has 1 fully saturated rings. The highest BCUT2D eigenvalue weighted by atomic mass is 35.5. The van der Waals surface area contributed by atoms with Gasteiger partial charge in [-0.05, 0) is 25.0 Å². The molecule has 0 saturated carbocycles. The minimum atomic E-state index is -4.68. The summed E-state index contributed by atoms with van der Waals surface area (Å²) in [6, 6.07) is 5.63. The van der Waals surface area contributed by atoms with Crippen LogP contribution in [-0.4, -0.2) is 37.1 Å². The number of carbonyl (C=O) groups excluding carboxylic acids is 1. The second kappa shape index (κ2) is 8.97. The Labute approximate surface area is 191 Å². The number of piperidine rings is 1. The van der Waals surface area contributed by atoms with E-state index < -0.39 is 22.4 Å². The number of nitro benzene ring substituents is 1. The molecule has 2 heterocycles. The Hall–Kier alpha value is -3.21. The number of hydrogen-bond acceptors (Lipinski definition) is 6. The quantitative estimate of drug-likeness (QED) is 0.489. The number of nitrogens with zero attached hydrogens (tertiary/aromatic N) is 2. The van der Waals surface area contributed by atoms with Crippen LogP contribution in [0, 0.1) is 16.0 Å². The van der Waals surface area contributed by atoms with Gasteiger partial charge >= 0.3 is 6.18 Å². The van der Waals surface area contributed by atoms with Crippen LogP contribution in [0.2, 0.25) is 5.02 Å². The molecule has 0 aliphatic carbocycles. The Kier molecular flexibility index (Phi) is 6.24. The van der Waals surface area contributed by atoms with Crippen molar-refractivity contribution < 1.29 is 32.4 Å². The van der Waals surface area contributed by atoms with E-state index in [9.17, 15) is 28.1 Å². The normalized spacial score (nSPS) is 16.4. The summed E-state index contributed by atoms with van der Waals surface area (Å²) in [5.41, 5.74) is -1.22. The van der Waals surface area contributed by atoms with Crippen LogP contribution in [0.25, 0.3) is 0 Å². The van der Waals surface area contributed by atoms with E-state index in [1.165, 1.54) is 0 Å². The van der Waals surface area contributed by atoms with E-state index in [1.807, 2.05) is 0 Å². The van der Waals surface area contributed by atoms with Crippen LogP contribution >= 0.6 is 11.6 Å². The number of carbonyl (C=O) groups is 1. The molecule has 1 saturated heterocycles. The van der Waals surface area contributed by atoms with Crippen molar-refractivity contribution >= 4 is 34.6 Å². The zero-order valence-corrected chi connectivity index (χ0v) is 17.9. The lowest BCUT2D eigenvalue weighted by molar-refractivity contribution is -0.384. The molecule has 1 N–H and O–H groups in total. The first kappa shape index (κ1) is 23.0. The van der Waals surface area contributed by atoms with Crippen molar-refractivity contribution in [2.24, 2.45) is 5.92 Å². The van der Waals surface area contributed by atoms with Gasteiger partial charge in [0.2, 0.25) is 5.91 Å². The van der Waals surface area contributed by atoms with E-state index in [0.29, 0.717) is 54.3 Å². The number of nitrogens with one attached hydrogen (secondary N) is 1. The molecule has 0 bridgehead atoms. The van der Waals surface area contributed by atoms with Crippen molar-refractivity contribution in [1.29, 1.82) is 0 Å². The van der Waals surface area contributed by atoms with Gasteiger partial charge in [0.05, 0.1) is 21.2 Å². The van der Waals surface area contributed by atoms with Gasteiger partial charge in [0, 0.05) is 37.2 Å². The van der Waals surface area contributed by atoms with Gasteiger partial charge in [-0.2, -0.15) is 13.2 Å². The monoisotopic (exact) mass is 485 g/mol. The predicted molar refractivity (Wildman–Crippen MR) is 114 cm³/mol. The molecule has 1 amide bonds. The maximum absolute atomic E-state index is 12.9. The lowest BCUT2D eigenvalue weighted by atomic mass is 9.95. The summed E-state index contributed by atoms with van der Waals surface area (Å²) in [5, 5.41) is 14.4. The SMILES string of the molecule is O=C(Nc1cc2c(cc1Cl)OCCO2)C1CCN(c2ccc(C(F)(F)F)cc2[N+](=O)[O-])CC1. The fraction of sp³-hybridized carbons (Fsp3) is 0.381. The zero-order chi connectivity index (χ0) is 23.8. The molecule has 2 aromatic carbocycles. The molecule has 2 aliphatic rings. The van der Waals surface area contributed by atoms with Gasteiger partial charge in [0.1, 0.15) is 18.9 Å². The van der Waals surface area contributed by atoms with Crippen molar-refractivity contribution in [3.05, 3.63) is 51.0 Å². The van der Waals surface area contributed by atoms with Crippen LogP contribution in [0.5, 0.6) is 11.5 Å². The van der Waals surface area contributed by atoms with E-state index >= 15 is 0 Å². The van der Waals surface area contributed by atoms with E-state index in [2.05, 4.69) is 5.32 Å². The highest BCUT2D eigenvalue weighted by Gasteiger charge is 2.35. The molecule has 0 aromatic heterocycles. The van der Waals surface area contributed by atoms with Crippen LogP contribution < -0.4 is 19.7 Å². The Morgan fingerprint density at radius 2 is 1.76 bits per heavy atom. The molecular weight excluding hydrogens is 467 g/mol. The van der Waals surface area contributed by atoms with E-state index in [4.69, 9.17) is 21.1 Å². The molecule has 33 heavy (non-hydrogen) atoms. The molecule has 4 rings (SSSR count). The molecular formula is C21H19ClF3N3O5. The minimum Gasteiger partial charge on any atom is -0.486 e. The number of rotatable bonds is 4. The van der Waals surface area contributed by atoms with Gasteiger partial charge < -0.3 is 19.7 Å². The Bertz CT molecular complexity index is 1090. The summed E-state index contributed by atoms with van der Waals surface area (Å²) in [4.78, 5) is 24.9. The molecule has 0 spiro atoms. The predicted octanol–water partition coefficient (Wildman–Crippen LogP) is 4.89. The van der Waals surface area contributed by atoms with Gasteiger partial charge in [0.15, 0.2) is 11.5 Å². The maximum Gasteiger partial charge on any atom is 0.416 e. The van der Waals surface area contributed by atoms with Crippen LogP contribution in [0.4, 0.5) is 30.2 Å². The van der Waals surface area contributed by atoms with Crippen molar-refractivity contribution in [2.45, 2.75) is 19.0 Å². The van der Waals surface area contributed by atoms with Crippen molar-refractivity contribution in [3.63, 3.8) is 0 Å². The second-order valence-corrected chi connectivity index (χ2v) is 8.09. The van der Waals surface area contributed by atoms with E-state index in [-0.39, 0.29) is 30.6 Å². The average molecular weight is 486 g/mol. The molecule has 2 aliphatic heterocycles. The number of alkyl halides is 3. The third-order valence-corrected chi connectivity index (χ3v) is 5.91. The van der Waals surface area contributed by atoms with E-state index in [1.54, 1.807) is 17.0 Å². The first-order chi connectivity index (χ1) is 15.6. The number of hydrogen-bond donors (Lipinski definition) is 1. The van der Waals surface area contributed by atoms with Crippen LogP contribution in [0.3, 0.4) is 0 Å². The number of benzene rings is 2. The first-order valence-corrected chi connectivity index (χ1v) is 10.5. The first-order valence-electron chi connectivity index (χ1n) is 10.1. The smallest absolute Gasteiger partial charge is 0.416 e. The molecule has 0 radical (unpaired) electrons. The molecule has 176 valence electrons. The lowest BCUT2D eigenvalue weighted by Crippen LogP contribution is -2.38. The van der Waals surface area contributed by atoms with Crippen LogP contribution in [0.1, 0.15) is 18.4 Å². The van der Waals surface area contributed by atoms with Gasteiger partial charge in [-0.1, -0.05) is 11.6 Å². The number of anilines is 2. The summed E-state index contributed by atoms with van der Waals surface area (Å²) in [7, 11) is 0. The number of halogens is 4. The third-order valence-electron chi connectivity index (χ3n) is 5.60. The summed E-state index contributed by atoms with van der Waals surface area (Å²) in [6.07, 6.45) is -3.94. The van der Waals surface area contributed by atoms with Crippen LogP contribution in [0.15, 0.2) is 30.3 Å². The van der Waals surface area contributed by atoms with Gasteiger partial charge in [-0.15, -0.1) is 0 Å². The number of nitro groups is 1. The fourth-order valence-corrected chi connectivity index (χ4v) is 4.09. The number of fused-ring (bicyclic) bond motifs is 1. The Morgan fingerprint density at radius 1 is 1.12 bits per heavy atom. The Morgan fingerprint density at radius 3 is 2.36 bits per heavy atom. The zero-order valence-electron chi connectivity index (χ0n) is 17.2. The van der Waals surface area contributed by atoms with Crippen LogP contribution in [-0.2, 0) is 11.0 Å². The molecule has 12 heteroatoms. The average Bonchev–Trinajstić information content (AvgIpc) is 2.78. The fourth-order valence-electron chi connectivity index (χ4n) is 3.89. The molecule has 2 aromatic rings. The van der Waals surface area contributed by atoms with Gasteiger partial charge in [0.25, 0.3) is 5.69 Å². The maximum atomic E-state index is 12.9. The summed E-state index contributed by atoms with van der Waals surface area (Å²) in [6.45, 7) is 1.35. The van der Waals surface area contributed by atoms with Crippen molar-refractivity contribution in [2.75, 3.05) is 36.5 Å². The third kappa shape index (κ3) is 4.92.